The van der Waals surface area contributed by atoms with Gasteiger partial charge in [0.1, 0.15) is 33.4 Å². The number of fused-ring (bicyclic) bond motifs is 1. The van der Waals surface area contributed by atoms with E-state index in [0.29, 0.717) is 4.57 Å². The third-order valence-corrected chi connectivity index (χ3v) is 7.16. The molecule has 0 bridgehead atoms. The van der Waals surface area contributed by atoms with Gasteiger partial charge in [-0.1, -0.05) is 0 Å². The third-order valence-electron chi connectivity index (χ3n) is 5.87. The van der Waals surface area contributed by atoms with Gasteiger partial charge >= 0.3 is 17.6 Å². The van der Waals surface area contributed by atoms with Crippen molar-refractivity contribution in [3.05, 3.63) is 60.9 Å². The van der Waals surface area contributed by atoms with E-state index in [0.717, 1.165) is 22.0 Å². The number of hydrogen-bond donors (Lipinski definition) is 1. The Hall–Kier alpha value is -4.02. The Kier molecular flexibility index (Phi) is 9.03. The van der Waals surface area contributed by atoms with E-state index >= 15 is 0 Å². The highest BCUT2D eigenvalue weighted by Crippen LogP contribution is 2.33. The second-order valence-corrected chi connectivity index (χ2v) is 9.19. The number of halogens is 1. The quantitative estimate of drug-likeness (QED) is 0.282. The number of aromatic nitrogens is 2. The number of nitriles is 1. The van der Waals surface area contributed by atoms with Crippen LogP contribution in [0.3, 0.4) is 0 Å². The van der Waals surface area contributed by atoms with E-state index in [4.69, 9.17) is 19.5 Å². The second-order valence-electron chi connectivity index (χ2n) is 8.19. The number of carbonyl (C=O) groups excluding carboxylic acids is 1. The molecule has 0 amide bonds. The van der Waals surface area contributed by atoms with Crippen LogP contribution in [0.25, 0.3) is 10.2 Å². The van der Waals surface area contributed by atoms with E-state index in [1.54, 1.807) is 6.92 Å². The van der Waals surface area contributed by atoms with Crippen LogP contribution in [-0.4, -0.2) is 46.5 Å². The zero-order valence-electron chi connectivity index (χ0n) is 21.1. The summed E-state index contributed by atoms with van der Waals surface area (Å²) in [5.41, 5.74) is -1.36. The number of aliphatic carboxylic acids is 1. The molecule has 2 atom stereocenters. The Morgan fingerprint density at radius 3 is 2.61 bits per heavy atom. The highest BCUT2D eigenvalue weighted by atomic mass is 32.1. The highest BCUT2D eigenvalue weighted by molar-refractivity contribution is 7.20. The molecule has 11 nitrogen and oxygen atoms in total. The topological polar surface area (TPSA) is 150 Å². The smallest absolute Gasteiger partial charge is 0.348 e. The zero-order chi connectivity index (χ0) is 28.1. The van der Waals surface area contributed by atoms with Gasteiger partial charge in [-0.15, -0.1) is 11.3 Å². The van der Waals surface area contributed by atoms with Crippen LogP contribution in [0.5, 0.6) is 5.75 Å². The van der Waals surface area contributed by atoms with Crippen LogP contribution >= 0.6 is 11.3 Å². The standard InChI is InChI=1S/C25H26FN3O8S/c1-5-36-24(33)20-13(2)19-21(30)29(14(3)23(31)32)25(34)28(22(19)38-20)12-18(37-10-6-9-27)16-11-15(26)7-8-17(16)35-4/h7-8,11,14,18H,5-6,10,12H2,1-4H3,(H,31,32)/t14?,18-/m0/s1. The van der Waals surface area contributed by atoms with E-state index in [2.05, 4.69) is 0 Å². The first-order valence-corrected chi connectivity index (χ1v) is 12.4. The van der Waals surface area contributed by atoms with Crippen molar-refractivity contribution in [3.63, 3.8) is 0 Å². The van der Waals surface area contributed by atoms with Gasteiger partial charge in [-0.25, -0.2) is 23.3 Å². The minimum absolute atomic E-state index is 0.000889. The number of nitrogens with zero attached hydrogens (tertiary/aromatic N) is 3. The molecule has 3 rings (SSSR count). The molecule has 1 N–H and O–H groups in total. The molecular weight excluding hydrogens is 521 g/mol. The average Bonchev–Trinajstić information content (AvgIpc) is 3.22. The van der Waals surface area contributed by atoms with Gasteiger partial charge in [-0.3, -0.25) is 9.36 Å². The van der Waals surface area contributed by atoms with Crippen LogP contribution in [0.4, 0.5) is 4.39 Å². The van der Waals surface area contributed by atoms with E-state index in [1.165, 1.54) is 33.1 Å². The molecule has 13 heteroatoms. The lowest BCUT2D eigenvalue weighted by atomic mass is 10.1. The predicted octanol–water partition coefficient (Wildman–Crippen LogP) is 3.17. The number of carboxylic acid groups (broad SMARTS) is 1. The summed E-state index contributed by atoms with van der Waals surface area (Å²) in [6, 6.07) is 4.14. The lowest BCUT2D eigenvalue weighted by Crippen LogP contribution is -2.44. The summed E-state index contributed by atoms with van der Waals surface area (Å²) in [4.78, 5) is 51.6. The summed E-state index contributed by atoms with van der Waals surface area (Å²) in [7, 11) is 1.37. The number of hydrogen-bond acceptors (Lipinski definition) is 9. The molecule has 1 aromatic carbocycles. The van der Waals surface area contributed by atoms with Crippen LogP contribution in [0.2, 0.25) is 0 Å². The van der Waals surface area contributed by atoms with Gasteiger partial charge in [0.2, 0.25) is 0 Å². The van der Waals surface area contributed by atoms with Crippen molar-refractivity contribution in [2.24, 2.45) is 0 Å². The van der Waals surface area contributed by atoms with Crippen molar-refractivity contribution in [2.75, 3.05) is 20.3 Å². The lowest BCUT2D eigenvalue weighted by molar-refractivity contribution is -0.140. The van der Waals surface area contributed by atoms with Gasteiger partial charge in [-0.05, 0) is 44.5 Å². The number of esters is 1. The Balaban J connectivity index is 2.35. The maximum atomic E-state index is 14.2. The SMILES string of the molecule is CCOC(=O)c1sc2c(c1C)c(=O)n(C(C)C(=O)O)c(=O)n2C[C@H](OCCC#N)c1cc(F)ccc1OC. The predicted molar refractivity (Wildman–Crippen MR) is 135 cm³/mol. The second kappa shape index (κ2) is 12.0. The normalized spacial score (nSPS) is 12.6. The number of thiophene rings is 1. The van der Waals surface area contributed by atoms with Crippen molar-refractivity contribution in [3.8, 4) is 11.8 Å². The van der Waals surface area contributed by atoms with Crippen LogP contribution in [0, 0.1) is 24.1 Å². The van der Waals surface area contributed by atoms with E-state index in [1.807, 2.05) is 6.07 Å². The summed E-state index contributed by atoms with van der Waals surface area (Å²) in [5, 5.41) is 18.5. The molecule has 2 aromatic heterocycles. The molecule has 38 heavy (non-hydrogen) atoms. The van der Waals surface area contributed by atoms with Crippen LogP contribution in [0.1, 0.15) is 53.2 Å². The lowest BCUT2D eigenvalue weighted by Gasteiger charge is -2.23. The number of ether oxygens (including phenoxy) is 3. The van der Waals surface area contributed by atoms with E-state index < -0.39 is 41.2 Å². The Bertz CT molecular complexity index is 1530. The minimum atomic E-state index is -1.53. The first kappa shape index (κ1) is 28.5. The molecule has 0 aliphatic heterocycles. The highest BCUT2D eigenvalue weighted by Gasteiger charge is 2.29. The summed E-state index contributed by atoms with van der Waals surface area (Å²) in [5.74, 6) is -2.47. The molecule has 0 saturated carbocycles. The summed E-state index contributed by atoms with van der Waals surface area (Å²) in [6.45, 7) is 4.01. The fourth-order valence-corrected chi connectivity index (χ4v) is 5.18. The van der Waals surface area contributed by atoms with Gasteiger partial charge < -0.3 is 19.3 Å². The maximum Gasteiger partial charge on any atom is 0.348 e. The van der Waals surface area contributed by atoms with Gasteiger partial charge in [0.25, 0.3) is 5.56 Å². The number of carboxylic acids is 1. The molecular formula is C25H26FN3O8S. The first-order valence-electron chi connectivity index (χ1n) is 11.6. The molecule has 1 unspecified atom stereocenters. The maximum absolute atomic E-state index is 14.2. The summed E-state index contributed by atoms with van der Waals surface area (Å²) in [6.07, 6.45) is -1.05. The van der Waals surface area contributed by atoms with Gasteiger partial charge in [0.05, 0.1) is 44.7 Å². The number of methoxy groups -OCH3 is 1. The fourth-order valence-electron chi connectivity index (χ4n) is 3.98. The van der Waals surface area contributed by atoms with Crippen molar-refractivity contribution < 1.29 is 33.3 Å². The number of carbonyl (C=O) groups is 2. The number of aryl methyl sites for hydroxylation is 1. The van der Waals surface area contributed by atoms with Crippen molar-refractivity contribution >= 4 is 33.5 Å². The largest absolute Gasteiger partial charge is 0.496 e. The van der Waals surface area contributed by atoms with Gasteiger partial charge in [-0.2, -0.15) is 5.26 Å². The number of rotatable bonds is 11. The molecule has 202 valence electrons. The third kappa shape index (κ3) is 5.46. The van der Waals surface area contributed by atoms with E-state index in [-0.39, 0.29) is 58.1 Å². The van der Waals surface area contributed by atoms with Crippen molar-refractivity contribution in [1.82, 2.24) is 9.13 Å². The Labute approximate surface area is 220 Å². The molecule has 0 spiro atoms. The van der Waals surface area contributed by atoms with Gasteiger partial charge in [0.15, 0.2) is 0 Å². The summed E-state index contributed by atoms with van der Waals surface area (Å²) >= 11 is 0.849. The molecule has 3 aromatic rings. The summed E-state index contributed by atoms with van der Waals surface area (Å²) < 4.78 is 32.2. The molecule has 0 fully saturated rings. The first-order chi connectivity index (χ1) is 18.1. The van der Waals surface area contributed by atoms with Crippen LogP contribution in [-0.2, 0) is 20.8 Å². The fraction of sp³-hybridized carbons (Fsp3) is 0.400. The molecule has 0 saturated heterocycles. The minimum Gasteiger partial charge on any atom is -0.496 e. The van der Waals surface area contributed by atoms with Crippen molar-refractivity contribution in [2.45, 2.75) is 45.9 Å². The Morgan fingerprint density at radius 2 is 2.00 bits per heavy atom. The average molecular weight is 548 g/mol. The van der Waals surface area contributed by atoms with Crippen molar-refractivity contribution in [1.29, 1.82) is 5.26 Å². The van der Waals surface area contributed by atoms with Crippen LogP contribution < -0.4 is 16.0 Å². The Morgan fingerprint density at radius 1 is 1.29 bits per heavy atom. The van der Waals surface area contributed by atoms with Gasteiger partial charge in [0, 0.05) is 5.56 Å². The molecule has 0 radical (unpaired) electrons. The van der Waals surface area contributed by atoms with E-state index in [9.17, 15) is 28.7 Å². The monoisotopic (exact) mass is 547 g/mol. The zero-order valence-corrected chi connectivity index (χ0v) is 22.0. The molecule has 0 aliphatic carbocycles. The molecule has 2 heterocycles. The van der Waals surface area contributed by atoms with Crippen LogP contribution in [0.15, 0.2) is 27.8 Å². The molecule has 0 aliphatic rings. The number of benzene rings is 1.